The molecule has 2 saturated carbocycles. The monoisotopic (exact) mass is 231 g/mol. The van der Waals surface area contributed by atoms with E-state index in [1.807, 2.05) is 6.20 Å². The summed E-state index contributed by atoms with van der Waals surface area (Å²) in [6.07, 6.45) is 7.69. The average Bonchev–Trinajstić information content (AvgIpc) is 3.07. The summed E-state index contributed by atoms with van der Waals surface area (Å²) in [7, 11) is 0. The van der Waals surface area contributed by atoms with E-state index < -0.39 is 11.4 Å². The zero-order valence-electron chi connectivity index (χ0n) is 9.85. The van der Waals surface area contributed by atoms with Crippen LogP contribution in [-0.2, 0) is 11.2 Å². The van der Waals surface area contributed by atoms with E-state index in [4.69, 9.17) is 0 Å². The molecular weight excluding hydrogens is 214 g/mol. The number of aliphatic carboxylic acids is 1. The maximum atomic E-state index is 11.3. The number of carboxylic acids is 1. The van der Waals surface area contributed by atoms with Crippen LogP contribution < -0.4 is 0 Å². The van der Waals surface area contributed by atoms with Gasteiger partial charge in [0.05, 0.1) is 5.41 Å². The number of pyridine rings is 1. The van der Waals surface area contributed by atoms with Gasteiger partial charge in [-0.3, -0.25) is 9.78 Å². The molecule has 0 bridgehead atoms. The molecule has 0 radical (unpaired) electrons. The smallest absolute Gasteiger partial charge is 0.309 e. The second-order valence-corrected chi connectivity index (χ2v) is 5.48. The van der Waals surface area contributed by atoms with Crippen molar-refractivity contribution in [3.05, 3.63) is 29.6 Å². The number of carboxylic acid groups (broad SMARTS) is 1. The molecule has 90 valence electrons. The van der Waals surface area contributed by atoms with E-state index in [-0.39, 0.29) is 0 Å². The van der Waals surface area contributed by atoms with Gasteiger partial charge in [-0.05, 0) is 43.7 Å². The lowest BCUT2D eigenvalue weighted by Crippen LogP contribution is -2.39. The van der Waals surface area contributed by atoms with Crippen molar-refractivity contribution < 1.29 is 9.90 Å². The van der Waals surface area contributed by atoms with Crippen LogP contribution in [-0.4, -0.2) is 16.1 Å². The van der Waals surface area contributed by atoms with E-state index in [0.717, 1.165) is 24.8 Å². The van der Waals surface area contributed by atoms with Gasteiger partial charge in [-0.1, -0.05) is 12.5 Å². The predicted molar refractivity (Wildman–Crippen MR) is 63.8 cm³/mol. The zero-order valence-corrected chi connectivity index (χ0v) is 9.85. The lowest BCUT2D eigenvalue weighted by molar-refractivity contribution is -0.154. The summed E-state index contributed by atoms with van der Waals surface area (Å²) < 4.78 is 0. The minimum absolute atomic E-state index is 0.497. The Hall–Kier alpha value is -1.38. The topological polar surface area (TPSA) is 50.2 Å². The van der Waals surface area contributed by atoms with Gasteiger partial charge in [-0.25, -0.2) is 0 Å². The van der Waals surface area contributed by atoms with E-state index in [9.17, 15) is 9.90 Å². The molecule has 0 aromatic carbocycles. The molecule has 0 amide bonds. The second kappa shape index (κ2) is 3.83. The Morgan fingerprint density at radius 2 is 2.18 bits per heavy atom. The molecule has 3 heteroatoms. The van der Waals surface area contributed by atoms with Gasteiger partial charge in [0.1, 0.15) is 0 Å². The Balaban J connectivity index is 1.73. The first-order valence-corrected chi connectivity index (χ1v) is 6.38. The van der Waals surface area contributed by atoms with E-state index in [1.165, 1.54) is 18.5 Å². The van der Waals surface area contributed by atoms with Gasteiger partial charge in [-0.2, -0.15) is 0 Å². The third kappa shape index (κ3) is 1.94. The SMILES string of the molecule is O=C(O)C1(Cc2ccc(C3CC3)nc2)CCC1. The summed E-state index contributed by atoms with van der Waals surface area (Å²) in [6, 6.07) is 4.13. The number of hydrogen-bond acceptors (Lipinski definition) is 2. The second-order valence-electron chi connectivity index (χ2n) is 5.48. The highest BCUT2D eigenvalue weighted by Gasteiger charge is 2.44. The van der Waals surface area contributed by atoms with E-state index in [2.05, 4.69) is 17.1 Å². The maximum absolute atomic E-state index is 11.3. The molecule has 1 heterocycles. The van der Waals surface area contributed by atoms with Crippen molar-refractivity contribution in [2.24, 2.45) is 5.41 Å². The molecule has 0 saturated heterocycles. The van der Waals surface area contributed by atoms with Crippen LogP contribution in [0.4, 0.5) is 0 Å². The lowest BCUT2D eigenvalue weighted by Gasteiger charge is -2.37. The van der Waals surface area contributed by atoms with Gasteiger partial charge in [0.2, 0.25) is 0 Å². The van der Waals surface area contributed by atoms with Crippen LogP contribution in [0.3, 0.4) is 0 Å². The van der Waals surface area contributed by atoms with Crippen molar-refractivity contribution in [2.75, 3.05) is 0 Å². The highest BCUT2D eigenvalue weighted by molar-refractivity contribution is 5.76. The molecule has 0 unspecified atom stereocenters. The molecule has 2 aliphatic carbocycles. The average molecular weight is 231 g/mol. The van der Waals surface area contributed by atoms with Crippen molar-refractivity contribution in [2.45, 2.75) is 44.4 Å². The Morgan fingerprint density at radius 1 is 1.41 bits per heavy atom. The maximum Gasteiger partial charge on any atom is 0.309 e. The number of hydrogen-bond donors (Lipinski definition) is 1. The molecule has 17 heavy (non-hydrogen) atoms. The Bertz CT molecular complexity index is 430. The van der Waals surface area contributed by atoms with E-state index in [0.29, 0.717) is 12.3 Å². The van der Waals surface area contributed by atoms with Crippen LogP contribution in [0.25, 0.3) is 0 Å². The van der Waals surface area contributed by atoms with Crippen LogP contribution in [0.1, 0.15) is 49.3 Å². The fraction of sp³-hybridized carbons (Fsp3) is 0.571. The number of carbonyl (C=O) groups is 1. The highest BCUT2D eigenvalue weighted by atomic mass is 16.4. The molecule has 1 aromatic rings. The standard InChI is InChI=1S/C14H17NO2/c16-13(17)14(6-1-7-14)8-10-2-5-12(15-9-10)11-3-4-11/h2,5,9,11H,1,3-4,6-8H2,(H,16,17). The van der Waals surface area contributed by atoms with Crippen LogP contribution in [0.5, 0.6) is 0 Å². The first kappa shape index (κ1) is 10.8. The molecule has 3 nitrogen and oxygen atoms in total. The Labute approximate surface area is 101 Å². The molecule has 1 N–H and O–H groups in total. The van der Waals surface area contributed by atoms with Gasteiger partial charge in [0, 0.05) is 17.8 Å². The molecule has 2 fully saturated rings. The van der Waals surface area contributed by atoms with Gasteiger partial charge >= 0.3 is 5.97 Å². The summed E-state index contributed by atoms with van der Waals surface area (Å²) in [6.45, 7) is 0. The van der Waals surface area contributed by atoms with Crippen LogP contribution >= 0.6 is 0 Å². The van der Waals surface area contributed by atoms with Gasteiger partial charge in [0.25, 0.3) is 0 Å². The molecule has 3 rings (SSSR count). The van der Waals surface area contributed by atoms with E-state index in [1.54, 1.807) is 0 Å². The third-order valence-electron chi connectivity index (χ3n) is 4.15. The summed E-state index contributed by atoms with van der Waals surface area (Å²) in [5.41, 5.74) is 1.74. The van der Waals surface area contributed by atoms with Crippen LogP contribution in [0.2, 0.25) is 0 Å². The van der Waals surface area contributed by atoms with Crippen LogP contribution in [0, 0.1) is 5.41 Å². The molecule has 1 aromatic heterocycles. The molecular formula is C14H17NO2. The van der Waals surface area contributed by atoms with Gasteiger partial charge in [0.15, 0.2) is 0 Å². The Kier molecular flexibility index (Phi) is 2.42. The first-order chi connectivity index (χ1) is 8.20. The van der Waals surface area contributed by atoms with Crippen molar-refractivity contribution >= 4 is 5.97 Å². The Morgan fingerprint density at radius 3 is 2.59 bits per heavy atom. The summed E-state index contributed by atoms with van der Waals surface area (Å²) in [4.78, 5) is 15.7. The van der Waals surface area contributed by atoms with Crippen molar-refractivity contribution in [3.8, 4) is 0 Å². The quantitative estimate of drug-likeness (QED) is 0.866. The molecule has 0 spiro atoms. The number of aromatic nitrogens is 1. The third-order valence-corrected chi connectivity index (χ3v) is 4.15. The van der Waals surface area contributed by atoms with E-state index >= 15 is 0 Å². The highest BCUT2D eigenvalue weighted by Crippen LogP contribution is 2.44. The largest absolute Gasteiger partial charge is 0.481 e. The predicted octanol–water partition coefficient (Wildman–Crippen LogP) is 2.76. The fourth-order valence-electron chi connectivity index (χ4n) is 2.62. The number of nitrogens with zero attached hydrogens (tertiary/aromatic N) is 1. The molecule has 0 aliphatic heterocycles. The van der Waals surface area contributed by atoms with Crippen molar-refractivity contribution in [1.29, 1.82) is 0 Å². The molecule has 0 atom stereocenters. The van der Waals surface area contributed by atoms with Crippen LogP contribution in [0.15, 0.2) is 18.3 Å². The van der Waals surface area contributed by atoms with Gasteiger partial charge < -0.3 is 5.11 Å². The molecule has 2 aliphatic rings. The summed E-state index contributed by atoms with van der Waals surface area (Å²) >= 11 is 0. The van der Waals surface area contributed by atoms with Crippen molar-refractivity contribution in [1.82, 2.24) is 4.98 Å². The zero-order chi connectivity index (χ0) is 11.9. The minimum atomic E-state index is -0.644. The first-order valence-electron chi connectivity index (χ1n) is 6.38. The minimum Gasteiger partial charge on any atom is -0.481 e. The van der Waals surface area contributed by atoms with Crippen molar-refractivity contribution in [3.63, 3.8) is 0 Å². The summed E-state index contributed by atoms with van der Waals surface area (Å²) in [5, 5.41) is 9.28. The lowest BCUT2D eigenvalue weighted by atomic mass is 9.65. The normalized spacial score (nSPS) is 21.9. The fourth-order valence-corrected chi connectivity index (χ4v) is 2.62. The van der Waals surface area contributed by atoms with Gasteiger partial charge in [-0.15, -0.1) is 0 Å². The number of rotatable bonds is 4. The summed E-state index contributed by atoms with van der Waals surface area (Å²) in [5.74, 6) is 0.0243.